The first-order valence-corrected chi connectivity index (χ1v) is 7.76. The second-order valence-corrected chi connectivity index (χ2v) is 6.29. The topological polar surface area (TPSA) is 26.5 Å². The van der Waals surface area contributed by atoms with Crippen molar-refractivity contribution >= 4 is 38.1 Å². The molecule has 0 N–H and O–H groups in total. The van der Waals surface area contributed by atoms with Gasteiger partial charge in [-0.15, -0.1) is 0 Å². The first-order chi connectivity index (χ1) is 10.7. The summed E-state index contributed by atoms with van der Waals surface area (Å²) >= 11 is 7.63. The monoisotopic (exact) mass is 332 g/mol. The van der Waals surface area contributed by atoms with Crippen molar-refractivity contribution in [3.63, 3.8) is 0 Å². The Hall–Kier alpha value is -2.11. The van der Waals surface area contributed by atoms with Gasteiger partial charge in [-0.25, -0.2) is 9.37 Å². The molecule has 0 fully saturated rings. The van der Waals surface area contributed by atoms with Crippen molar-refractivity contribution in [3.8, 4) is 17.0 Å². The summed E-state index contributed by atoms with van der Waals surface area (Å²) in [5.74, 6) is -0.175. The predicted octanol–water partition coefficient (Wildman–Crippen LogP) is 5.02. The van der Waals surface area contributed by atoms with Crippen molar-refractivity contribution in [3.05, 3.63) is 53.4 Å². The van der Waals surface area contributed by atoms with E-state index >= 15 is 0 Å². The van der Waals surface area contributed by atoms with E-state index in [1.807, 2.05) is 28.8 Å². The molecule has 2 aromatic carbocycles. The molecule has 2 aromatic heterocycles. The molecule has 0 aliphatic heterocycles. The highest BCUT2D eigenvalue weighted by Gasteiger charge is 2.12. The number of hydrogen-bond donors (Lipinski definition) is 0. The van der Waals surface area contributed by atoms with Crippen molar-refractivity contribution in [2.75, 3.05) is 7.11 Å². The van der Waals surface area contributed by atoms with Gasteiger partial charge < -0.3 is 4.74 Å². The first-order valence-electron chi connectivity index (χ1n) is 6.57. The molecule has 0 saturated heterocycles. The number of halogens is 2. The van der Waals surface area contributed by atoms with Gasteiger partial charge in [0.05, 0.1) is 23.0 Å². The molecular weight excluding hydrogens is 323 g/mol. The fraction of sp³-hybridized carbons (Fsp3) is 0.0625. The zero-order valence-corrected chi connectivity index (χ0v) is 13.1. The van der Waals surface area contributed by atoms with Crippen LogP contribution in [0.5, 0.6) is 5.75 Å². The number of fused-ring (bicyclic) bond motifs is 3. The van der Waals surface area contributed by atoms with E-state index in [0.29, 0.717) is 10.6 Å². The van der Waals surface area contributed by atoms with Gasteiger partial charge in [-0.05, 0) is 36.4 Å². The molecule has 0 atom stereocenters. The zero-order valence-electron chi connectivity index (χ0n) is 11.5. The largest absolute Gasteiger partial charge is 0.494 e. The van der Waals surface area contributed by atoms with Crippen LogP contribution in [0.25, 0.3) is 26.4 Å². The minimum absolute atomic E-state index is 0.224. The van der Waals surface area contributed by atoms with E-state index in [-0.39, 0.29) is 5.75 Å². The number of thiazole rings is 1. The molecule has 2 heterocycles. The summed E-state index contributed by atoms with van der Waals surface area (Å²) < 4.78 is 21.9. The molecule has 4 aromatic rings. The van der Waals surface area contributed by atoms with Gasteiger partial charge in [0.1, 0.15) is 0 Å². The van der Waals surface area contributed by atoms with E-state index in [2.05, 4.69) is 4.98 Å². The molecule has 22 heavy (non-hydrogen) atoms. The molecule has 0 radical (unpaired) electrons. The quantitative estimate of drug-likeness (QED) is 0.515. The number of aromatic nitrogens is 2. The summed E-state index contributed by atoms with van der Waals surface area (Å²) in [7, 11) is 1.45. The molecule has 0 spiro atoms. The smallest absolute Gasteiger partial charge is 0.195 e. The highest BCUT2D eigenvalue weighted by Crippen LogP contribution is 2.32. The highest BCUT2D eigenvalue weighted by molar-refractivity contribution is 7.23. The van der Waals surface area contributed by atoms with E-state index < -0.39 is 5.82 Å². The summed E-state index contributed by atoms with van der Waals surface area (Å²) in [4.78, 5) is 5.43. The summed E-state index contributed by atoms with van der Waals surface area (Å²) in [6.07, 6.45) is 1.89. The number of benzene rings is 2. The van der Waals surface area contributed by atoms with Gasteiger partial charge in [-0.1, -0.05) is 22.9 Å². The lowest BCUT2D eigenvalue weighted by atomic mass is 10.1. The highest BCUT2D eigenvalue weighted by atomic mass is 35.5. The average Bonchev–Trinajstić information content (AvgIpc) is 3.05. The Balaban J connectivity index is 1.89. The van der Waals surface area contributed by atoms with Crippen LogP contribution in [0.2, 0.25) is 5.02 Å². The molecule has 0 unspecified atom stereocenters. The van der Waals surface area contributed by atoms with E-state index in [1.54, 1.807) is 23.5 Å². The van der Waals surface area contributed by atoms with E-state index in [1.165, 1.54) is 13.2 Å². The third-order valence-corrected chi connectivity index (χ3v) is 4.77. The second kappa shape index (κ2) is 4.97. The van der Waals surface area contributed by atoms with Crippen LogP contribution in [0, 0.1) is 5.82 Å². The molecule has 0 bridgehead atoms. The summed E-state index contributed by atoms with van der Waals surface area (Å²) in [5.41, 5.74) is 2.43. The fourth-order valence-corrected chi connectivity index (χ4v) is 3.59. The number of ether oxygens (including phenoxy) is 1. The molecule has 0 saturated carbocycles. The minimum atomic E-state index is -0.399. The Morgan fingerprint density at radius 3 is 2.86 bits per heavy atom. The first kappa shape index (κ1) is 13.5. The van der Waals surface area contributed by atoms with Crippen LogP contribution in [-0.2, 0) is 0 Å². The Morgan fingerprint density at radius 1 is 1.23 bits per heavy atom. The van der Waals surface area contributed by atoms with Crippen LogP contribution in [0.4, 0.5) is 4.39 Å². The van der Waals surface area contributed by atoms with Gasteiger partial charge in [0.15, 0.2) is 16.5 Å². The van der Waals surface area contributed by atoms with Crippen LogP contribution >= 0.6 is 22.9 Å². The van der Waals surface area contributed by atoms with Crippen molar-refractivity contribution in [1.29, 1.82) is 0 Å². The Bertz CT molecular complexity index is 1010. The van der Waals surface area contributed by atoms with E-state index in [4.69, 9.17) is 16.3 Å². The fourth-order valence-electron chi connectivity index (χ4n) is 2.44. The van der Waals surface area contributed by atoms with E-state index in [0.717, 1.165) is 20.9 Å². The van der Waals surface area contributed by atoms with Crippen molar-refractivity contribution in [2.24, 2.45) is 0 Å². The SMILES string of the molecule is COc1ccc(-c2cn3c(n2)sc2ccc(Cl)cc23)cc1F. The lowest BCUT2D eigenvalue weighted by molar-refractivity contribution is 0.386. The molecule has 0 aliphatic carbocycles. The predicted molar refractivity (Wildman–Crippen MR) is 87.5 cm³/mol. The van der Waals surface area contributed by atoms with Gasteiger partial charge in [0.25, 0.3) is 0 Å². The maximum absolute atomic E-state index is 13.8. The Morgan fingerprint density at radius 2 is 2.09 bits per heavy atom. The van der Waals surface area contributed by atoms with Crippen LogP contribution in [0.15, 0.2) is 42.6 Å². The molecule has 3 nitrogen and oxygen atoms in total. The zero-order chi connectivity index (χ0) is 15.3. The lowest BCUT2D eigenvalue weighted by Gasteiger charge is -2.02. The molecular formula is C16H10ClFN2OS. The second-order valence-electron chi connectivity index (χ2n) is 4.84. The van der Waals surface area contributed by atoms with Crippen molar-refractivity contribution in [2.45, 2.75) is 0 Å². The molecule has 4 rings (SSSR count). The van der Waals surface area contributed by atoms with Gasteiger partial charge >= 0.3 is 0 Å². The summed E-state index contributed by atoms with van der Waals surface area (Å²) in [5, 5.41) is 0.679. The van der Waals surface area contributed by atoms with Gasteiger partial charge in [-0.3, -0.25) is 4.40 Å². The molecule has 0 aliphatic rings. The third-order valence-electron chi connectivity index (χ3n) is 3.50. The van der Waals surface area contributed by atoms with Gasteiger partial charge in [0, 0.05) is 16.8 Å². The van der Waals surface area contributed by atoms with Gasteiger partial charge in [0.2, 0.25) is 0 Å². The van der Waals surface area contributed by atoms with Crippen molar-refractivity contribution < 1.29 is 9.13 Å². The van der Waals surface area contributed by atoms with E-state index in [9.17, 15) is 4.39 Å². The normalized spacial score (nSPS) is 11.4. The molecule has 110 valence electrons. The summed E-state index contributed by atoms with van der Waals surface area (Å²) in [6.45, 7) is 0. The van der Waals surface area contributed by atoms with Gasteiger partial charge in [-0.2, -0.15) is 0 Å². The van der Waals surface area contributed by atoms with Crippen LogP contribution < -0.4 is 4.74 Å². The molecule has 0 amide bonds. The number of hydrogen-bond acceptors (Lipinski definition) is 3. The number of rotatable bonds is 2. The van der Waals surface area contributed by atoms with Crippen LogP contribution in [0.1, 0.15) is 0 Å². The lowest BCUT2D eigenvalue weighted by Crippen LogP contribution is -1.88. The maximum Gasteiger partial charge on any atom is 0.195 e. The minimum Gasteiger partial charge on any atom is -0.494 e. The Labute approximate surface area is 134 Å². The number of imidazole rings is 1. The standard InChI is InChI=1S/C16H10ClFN2OS/c1-21-14-4-2-9(6-11(14)18)12-8-20-13-7-10(17)3-5-15(13)22-16(20)19-12/h2-8H,1H3. The van der Waals surface area contributed by atoms with Crippen molar-refractivity contribution in [1.82, 2.24) is 9.38 Å². The average molecular weight is 333 g/mol. The number of methoxy groups -OCH3 is 1. The Kier molecular flexibility index (Phi) is 3.06. The van der Waals surface area contributed by atoms with Crippen LogP contribution in [-0.4, -0.2) is 16.5 Å². The number of nitrogens with zero attached hydrogens (tertiary/aromatic N) is 2. The molecule has 6 heteroatoms. The summed E-state index contributed by atoms with van der Waals surface area (Å²) in [6, 6.07) is 10.6. The maximum atomic E-state index is 13.8. The van der Waals surface area contributed by atoms with Crippen LogP contribution in [0.3, 0.4) is 0 Å². The third kappa shape index (κ3) is 2.05.